The van der Waals surface area contributed by atoms with Gasteiger partial charge >= 0.3 is 5.97 Å². The maximum Gasteiger partial charge on any atom is 0.313 e. The summed E-state index contributed by atoms with van der Waals surface area (Å²) in [4.78, 5) is 12.7. The summed E-state index contributed by atoms with van der Waals surface area (Å²) >= 11 is 0. The lowest BCUT2D eigenvalue weighted by Gasteiger charge is -2.21. The molecule has 1 aromatic rings. The first-order valence-corrected chi connectivity index (χ1v) is 4.97. The first kappa shape index (κ1) is 12.5. The molecule has 4 heteroatoms. The van der Waals surface area contributed by atoms with Crippen molar-refractivity contribution in [3.63, 3.8) is 0 Å². The molecule has 0 bridgehead atoms. The van der Waals surface area contributed by atoms with Crippen LogP contribution in [0.15, 0.2) is 18.2 Å². The van der Waals surface area contributed by atoms with Crippen LogP contribution < -0.4 is 4.90 Å². The number of rotatable bonds is 3. The third kappa shape index (κ3) is 2.15. The average molecular weight is 225 g/mol. The van der Waals surface area contributed by atoms with Gasteiger partial charge in [-0.2, -0.15) is 0 Å². The van der Waals surface area contributed by atoms with E-state index in [1.165, 1.54) is 6.07 Å². The molecule has 0 aromatic heterocycles. The van der Waals surface area contributed by atoms with Crippen LogP contribution in [-0.4, -0.2) is 25.2 Å². The number of carboxylic acids is 1. The van der Waals surface area contributed by atoms with Crippen molar-refractivity contribution in [2.45, 2.75) is 19.3 Å². The zero-order valence-electron chi connectivity index (χ0n) is 9.91. The van der Waals surface area contributed by atoms with E-state index in [1.807, 2.05) is 0 Å². The van der Waals surface area contributed by atoms with E-state index in [0.717, 1.165) is 0 Å². The van der Waals surface area contributed by atoms with Crippen LogP contribution >= 0.6 is 0 Å². The second kappa shape index (κ2) is 4.12. The lowest BCUT2D eigenvalue weighted by atomic mass is 9.84. The van der Waals surface area contributed by atoms with E-state index in [4.69, 9.17) is 5.11 Å². The number of nitrogens with zero attached hydrogens (tertiary/aromatic N) is 1. The molecule has 0 amide bonds. The number of hydrogen-bond acceptors (Lipinski definition) is 2. The SMILES string of the molecule is CN(C)c1ccc(C(C)(C)C(=O)O)cc1F. The Balaban J connectivity index is 3.21. The smallest absolute Gasteiger partial charge is 0.313 e. The summed E-state index contributed by atoms with van der Waals surface area (Å²) in [6.45, 7) is 3.11. The Morgan fingerprint density at radius 2 is 1.94 bits per heavy atom. The standard InChI is InChI=1S/C12H16FNO2/c1-12(2,11(15)16)8-5-6-10(14(3)4)9(13)7-8/h5-7H,1-4H3,(H,15,16). The van der Waals surface area contributed by atoms with Crippen molar-refractivity contribution < 1.29 is 14.3 Å². The van der Waals surface area contributed by atoms with Crippen LogP contribution in [0.25, 0.3) is 0 Å². The van der Waals surface area contributed by atoms with Crippen LogP contribution in [0.1, 0.15) is 19.4 Å². The molecule has 16 heavy (non-hydrogen) atoms. The van der Waals surface area contributed by atoms with Crippen molar-refractivity contribution in [3.05, 3.63) is 29.6 Å². The molecular weight excluding hydrogens is 209 g/mol. The highest BCUT2D eigenvalue weighted by atomic mass is 19.1. The lowest BCUT2D eigenvalue weighted by molar-refractivity contribution is -0.142. The zero-order chi connectivity index (χ0) is 12.5. The summed E-state index contributed by atoms with van der Waals surface area (Å²) in [5.41, 5.74) is -0.167. The van der Waals surface area contributed by atoms with Gasteiger partial charge in [0, 0.05) is 14.1 Å². The molecule has 0 aliphatic carbocycles. The third-order valence-corrected chi connectivity index (χ3v) is 2.69. The molecule has 1 rings (SSSR count). The molecule has 1 aromatic carbocycles. The average Bonchev–Trinajstić information content (AvgIpc) is 2.16. The minimum Gasteiger partial charge on any atom is -0.481 e. The Kier molecular flexibility index (Phi) is 3.21. The van der Waals surface area contributed by atoms with E-state index >= 15 is 0 Å². The molecule has 0 saturated heterocycles. The van der Waals surface area contributed by atoms with Gasteiger partial charge in [-0.25, -0.2) is 4.39 Å². The van der Waals surface area contributed by atoms with Gasteiger partial charge in [0.25, 0.3) is 0 Å². The first-order chi connectivity index (χ1) is 7.26. The largest absolute Gasteiger partial charge is 0.481 e. The van der Waals surface area contributed by atoms with Crippen molar-refractivity contribution in [2.75, 3.05) is 19.0 Å². The molecule has 0 atom stereocenters. The molecule has 3 nitrogen and oxygen atoms in total. The molecule has 0 unspecified atom stereocenters. The summed E-state index contributed by atoms with van der Waals surface area (Å²) in [5.74, 6) is -1.37. The maximum absolute atomic E-state index is 13.7. The number of halogens is 1. The fourth-order valence-corrected chi connectivity index (χ4v) is 1.38. The zero-order valence-corrected chi connectivity index (χ0v) is 9.91. The summed E-state index contributed by atoms with van der Waals surface area (Å²) < 4.78 is 13.7. The Hall–Kier alpha value is -1.58. The van der Waals surface area contributed by atoms with Gasteiger partial charge in [0.1, 0.15) is 5.82 Å². The minimum atomic E-state index is -1.08. The lowest BCUT2D eigenvalue weighted by Crippen LogP contribution is -2.28. The highest BCUT2D eigenvalue weighted by Crippen LogP contribution is 2.27. The monoisotopic (exact) mass is 225 g/mol. The number of carboxylic acid groups (broad SMARTS) is 1. The summed E-state index contributed by atoms with van der Waals surface area (Å²) in [7, 11) is 3.47. The Morgan fingerprint density at radius 3 is 2.31 bits per heavy atom. The number of anilines is 1. The quantitative estimate of drug-likeness (QED) is 0.857. The highest BCUT2D eigenvalue weighted by Gasteiger charge is 2.30. The molecule has 0 fully saturated rings. The van der Waals surface area contributed by atoms with Crippen molar-refractivity contribution >= 4 is 11.7 Å². The van der Waals surface area contributed by atoms with E-state index < -0.39 is 17.2 Å². The fraction of sp³-hybridized carbons (Fsp3) is 0.417. The van der Waals surface area contributed by atoms with E-state index in [0.29, 0.717) is 11.3 Å². The second-order valence-corrected chi connectivity index (χ2v) is 4.49. The van der Waals surface area contributed by atoms with E-state index in [1.54, 1.807) is 45.0 Å². The molecule has 0 spiro atoms. The summed E-state index contributed by atoms with van der Waals surface area (Å²) in [6, 6.07) is 4.52. The van der Waals surface area contributed by atoms with Crippen LogP contribution in [0.2, 0.25) is 0 Å². The van der Waals surface area contributed by atoms with Gasteiger partial charge in [0.15, 0.2) is 0 Å². The van der Waals surface area contributed by atoms with Gasteiger partial charge in [0.05, 0.1) is 11.1 Å². The van der Waals surface area contributed by atoms with Crippen LogP contribution in [0.4, 0.5) is 10.1 Å². The maximum atomic E-state index is 13.7. The molecule has 0 aliphatic rings. The molecule has 0 radical (unpaired) electrons. The number of benzene rings is 1. The van der Waals surface area contributed by atoms with Gasteiger partial charge in [-0.05, 0) is 31.5 Å². The number of carbonyl (C=O) groups is 1. The number of hydrogen-bond donors (Lipinski definition) is 1. The van der Waals surface area contributed by atoms with Crippen LogP contribution in [0.3, 0.4) is 0 Å². The van der Waals surface area contributed by atoms with Crippen molar-refractivity contribution in [1.29, 1.82) is 0 Å². The summed E-state index contributed by atoms with van der Waals surface area (Å²) in [6.07, 6.45) is 0. The third-order valence-electron chi connectivity index (χ3n) is 2.69. The van der Waals surface area contributed by atoms with E-state index in [-0.39, 0.29) is 0 Å². The van der Waals surface area contributed by atoms with Crippen molar-refractivity contribution in [2.24, 2.45) is 0 Å². The van der Waals surface area contributed by atoms with Gasteiger partial charge < -0.3 is 10.0 Å². The molecule has 88 valence electrons. The van der Waals surface area contributed by atoms with Gasteiger partial charge in [-0.3, -0.25) is 4.79 Å². The summed E-state index contributed by atoms with van der Waals surface area (Å²) in [5, 5.41) is 9.03. The highest BCUT2D eigenvalue weighted by molar-refractivity contribution is 5.80. The van der Waals surface area contributed by atoms with E-state index in [2.05, 4.69) is 0 Å². The molecular formula is C12H16FNO2. The predicted octanol–water partition coefficient (Wildman–Crippen LogP) is 2.25. The molecule has 0 aliphatic heterocycles. The van der Waals surface area contributed by atoms with Crippen LogP contribution in [0, 0.1) is 5.82 Å². The topological polar surface area (TPSA) is 40.5 Å². The second-order valence-electron chi connectivity index (χ2n) is 4.49. The van der Waals surface area contributed by atoms with Gasteiger partial charge in [-0.1, -0.05) is 6.07 Å². The van der Waals surface area contributed by atoms with Crippen molar-refractivity contribution in [3.8, 4) is 0 Å². The number of aliphatic carboxylic acids is 1. The molecule has 1 N–H and O–H groups in total. The van der Waals surface area contributed by atoms with E-state index in [9.17, 15) is 9.18 Å². The van der Waals surface area contributed by atoms with Crippen LogP contribution in [0.5, 0.6) is 0 Å². The Morgan fingerprint density at radius 1 is 1.38 bits per heavy atom. The van der Waals surface area contributed by atoms with Crippen molar-refractivity contribution in [1.82, 2.24) is 0 Å². The first-order valence-electron chi connectivity index (χ1n) is 4.97. The minimum absolute atomic E-state index is 0.406. The molecule has 0 heterocycles. The van der Waals surface area contributed by atoms with Gasteiger partial charge in [0.2, 0.25) is 0 Å². The molecule has 0 saturated carbocycles. The predicted molar refractivity (Wildman–Crippen MR) is 61.4 cm³/mol. The normalized spacial score (nSPS) is 11.3. The Bertz CT molecular complexity index is 413. The van der Waals surface area contributed by atoms with Crippen LogP contribution in [-0.2, 0) is 10.2 Å². The van der Waals surface area contributed by atoms with Gasteiger partial charge in [-0.15, -0.1) is 0 Å². The Labute approximate surface area is 94.5 Å². The fourth-order valence-electron chi connectivity index (χ4n) is 1.38.